The number of aliphatic carboxylic acids is 1. The van der Waals surface area contributed by atoms with Crippen molar-refractivity contribution >= 4 is 11.9 Å². The fourth-order valence-corrected chi connectivity index (χ4v) is 1.63. The monoisotopic (exact) mass is 263 g/mol. The van der Waals surface area contributed by atoms with Gasteiger partial charge in [-0.25, -0.2) is 4.79 Å². The van der Waals surface area contributed by atoms with Crippen molar-refractivity contribution in [3.05, 3.63) is 11.6 Å². The molecule has 0 spiro atoms. The third kappa shape index (κ3) is 2.35. The molecule has 0 aromatic carbocycles. The molecule has 1 aliphatic rings. The minimum absolute atomic E-state index is 0.359. The molecule has 1 amide bonds. The highest BCUT2D eigenvalue weighted by molar-refractivity contribution is 5.98. The van der Waals surface area contributed by atoms with E-state index in [0.29, 0.717) is 6.08 Å². The molecular weight excluding hydrogens is 250 g/mol. The van der Waals surface area contributed by atoms with Crippen molar-refractivity contribution in [1.82, 2.24) is 0 Å². The average Bonchev–Trinajstić information content (AvgIpc) is 2.50. The number of amides is 1. The van der Waals surface area contributed by atoms with Crippen molar-refractivity contribution in [2.75, 3.05) is 6.61 Å². The number of carboxylic acid groups (broad SMARTS) is 1. The lowest BCUT2D eigenvalue weighted by atomic mass is 9.97. The Bertz CT molecular complexity index is 394. The second kappa shape index (κ2) is 5.00. The van der Waals surface area contributed by atoms with Crippen LogP contribution in [0.1, 0.15) is 0 Å². The summed E-state index contributed by atoms with van der Waals surface area (Å²) in [4.78, 5) is 21.6. The number of rotatable bonds is 4. The maximum Gasteiger partial charge on any atom is 0.337 e. The lowest BCUT2D eigenvalue weighted by Crippen LogP contribution is -2.47. The SMILES string of the molecule is NC(=O)/C=C(\C(=O)O)C1(O)O[C@H](CO)[C@H](O)[C@H]1O. The van der Waals surface area contributed by atoms with Gasteiger partial charge in [-0.2, -0.15) is 0 Å². The Hall–Kier alpha value is -1.52. The summed E-state index contributed by atoms with van der Waals surface area (Å²) < 4.78 is 4.70. The lowest BCUT2D eigenvalue weighted by Gasteiger charge is -2.26. The van der Waals surface area contributed by atoms with Gasteiger partial charge in [0, 0.05) is 6.08 Å². The smallest absolute Gasteiger partial charge is 0.337 e. The Morgan fingerprint density at radius 1 is 1.39 bits per heavy atom. The molecule has 0 radical (unpaired) electrons. The zero-order valence-corrected chi connectivity index (χ0v) is 9.05. The van der Waals surface area contributed by atoms with E-state index in [9.17, 15) is 24.9 Å². The van der Waals surface area contributed by atoms with Gasteiger partial charge in [0.05, 0.1) is 6.61 Å². The maximum absolute atomic E-state index is 10.9. The Kier molecular flexibility index (Phi) is 4.04. The van der Waals surface area contributed by atoms with Crippen molar-refractivity contribution in [3.63, 3.8) is 0 Å². The topological polar surface area (TPSA) is 171 Å². The van der Waals surface area contributed by atoms with E-state index < -0.39 is 48.2 Å². The standard InChI is InChI=1S/C9H13NO8/c10-5(12)1-3(8(15)16)9(17)7(14)6(13)4(2-11)18-9/h1,4,6-7,11,13-14,17H,2H2,(H2,10,12)(H,15,16)/b3-1+/t4-,6+,7-,9?/m1/s1. The summed E-state index contributed by atoms with van der Waals surface area (Å²) in [5, 5.41) is 46.6. The summed E-state index contributed by atoms with van der Waals surface area (Å²) in [5.74, 6) is -5.77. The molecule has 102 valence electrons. The van der Waals surface area contributed by atoms with Crippen LogP contribution in [-0.2, 0) is 14.3 Å². The van der Waals surface area contributed by atoms with Crippen molar-refractivity contribution in [2.24, 2.45) is 5.73 Å². The van der Waals surface area contributed by atoms with E-state index in [1.54, 1.807) is 0 Å². The van der Waals surface area contributed by atoms with Crippen LogP contribution in [0, 0.1) is 0 Å². The van der Waals surface area contributed by atoms with Gasteiger partial charge in [-0.05, 0) is 0 Å². The third-order valence-electron chi connectivity index (χ3n) is 2.52. The first-order valence-corrected chi connectivity index (χ1v) is 4.86. The number of nitrogens with two attached hydrogens (primary N) is 1. The first-order chi connectivity index (χ1) is 8.24. The highest BCUT2D eigenvalue weighted by Crippen LogP contribution is 2.35. The molecule has 7 N–H and O–H groups in total. The molecule has 1 heterocycles. The molecule has 0 aliphatic carbocycles. The molecule has 0 aromatic rings. The van der Waals surface area contributed by atoms with Crippen molar-refractivity contribution in [2.45, 2.75) is 24.1 Å². The predicted octanol–water partition coefficient (Wildman–Crippen LogP) is -3.72. The fourth-order valence-electron chi connectivity index (χ4n) is 1.63. The normalized spacial score (nSPS) is 36.7. The molecular formula is C9H13NO8. The first kappa shape index (κ1) is 14.5. The predicted molar refractivity (Wildman–Crippen MR) is 53.8 cm³/mol. The number of carboxylic acids is 1. The number of aliphatic hydroxyl groups is 4. The van der Waals surface area contributed by atoms with E-state index in [1.165, 1.54) is 0 Å². The Balaban J connectivity index is 3.19. The minimum Gasteiger partial charge on any atom is -0.478 e. The zero-order valence-electron chi connectivity index (χ0n) is 9.05. The van der Waals surface area contributed by atoms with Gasteiger partial charge in [-0.15, -0.1) is 0 Å². The van der Waals surface area contributed by atoms with Gasteiger partial charge < -0.3 is 36.0 Å². The van der Waals surface area contributed by atoms with Crippen molar-refractivity contribution in [1.29, 1.82) is 0 Å². The van der Waals surface area contributed by atoms with Crippen LogP contribution in [0.15, 0.2) is 11.6 Å². The third-order valence-corrected chi connectivity index (χ3v) is 2.52. The van der Waals surface area contributed by atoms with Crippen LogP contribution >= 0.6 is 0 Å². The van der Waals surface area contributed by atoms with E-state index in [4.69, 9.17) is 20.7 Å². The van der Waals surface area contributed by atoms with E-state index >= 15 is 0 Å². The average molecular weight is 263 g/mol. The number of hydrogen-bond donors (Lipinski definition) is 6. The number of aliphatic hydroxyl groups excluding tert-OH is 3. The fraction of sp³-hybridized carbons (Fsp3) is 0.556. The van der Waals surface area contributed by atoms with Crippen LogP contribution in [0.25, 0.3) is 0 Å². The van der Waals surface area contributed by atoms with Crippen molar-refractivity contribution in [3.8, 4) is 0 Å². The highest BCUT2D eigenvalue weighted by atomic mass is 16.7. The lowest BCUT2D eigenvalue weighted by molar-refractivity contribution is -0.207. The minimum atomic E-state index is -2.83. The Labute approximate surface area is 101 Å². The number of ether oxygens (including phenoxy) is 1. The molecule has 1 saturated heterocycles. The van der Waals surface area contributed by atoms with E-state index in [0.717, 1.165) is 0 Å². The largest absolute Gasteiger partial charge is 0.478 e. The molecule has 4 atom stereocenters. The molecule has 1 fully saturated rings. The number of carbonyl (C=O) groups is 2. The summed E-state index contributed by atoms with van der Waals surface area (Å²) in [7, 11) is 0. The van der Waals surface area contributed by atoms with E-state index in [2.05, 4.69) is 0 Å². The molecule has 0 saturated carbocycles. The van der Waals surface area contributed by atoms with Crippen molar-refractivity contribution < 1.29 is 39.9 Å². The van der Waals surface area contributed by atoms with Crippen LogP contribution in [0.5, 0.6) is 0 Å². The summed E-state index contributed by atoms with van der Waals surface area (Å²) in [6.07, 6.45) is -4.79. The van der Waals surface area contributed by atoms with Gasteiger partial charge in [-0.3, -0.25) is 4.79 Å². The summed E-state index contributed by atoms with van der Waals surface area (Å²) >= 11 is 0. The van der Waals surface area contributed by atoms with Crippen LogP contribution in [0.4, 0.5) is 0 Å². The van der Waals surface area contributed by atoms with Crippen LogP contribution in [0.3, 0.4) is 0 Å². The quantitative estimate of drug-likeness (QED) is 0.281. The molecule has 9 nitrogen and oxygen atoms in total. The zero-order chi connectivity index (χ0) is 14.1. The molecule has 1 unspecified atom stereocenters. The Morgan fingerprint density at radius 3 is 2.28 bits per heavy atom. The molecule has 9 heteroatoms. The van der Waals surface area contributed by atoms with Gasteiger partial charge in [0.25, 0.3) is 0 Å². The molecule has 18 heavy (non-hydrogen) atoms. The Morgan fingerprint density at radius 2 is 1.94 bits per heavy atom. The first-order valence-electron chi connectivity index (χ1n) is 4.86. The molecule has 0 bridgehead atoms. The van der Waals surface area contributed by atoms with Gasteiger partial charge in [-0.1, -0.05) is 0 Å². The molecule has 1 rings (SSSR count). The number of hydrogen-bond acceptors (Lipinski definition) is 7. The summed E-state index contributed by atoms with van der Waals surface area (Å²) in [6.45, 7) is -0.760. The van der Waals surface area contributed by atoms with Gasteiger partial charge in [0.15, 0.2) is 0 Å². The van der Waals surface area contributed by atoms with Crippen LogP contribution in [0.2, 0.25) is 0 Å². The second-order valence-corrected chi connectivity index (χ2v) is 3.74. The van der Waals surface area contributed by atoms with Gasteiger partial charge in [0.2, 0.25) is 11.7 Å². The number of carbonyl (C=O) groups excluding carboxylic acids is 1. The highest BCUT2D eigenvalue weighted by Gasteiger charge is 2.57. The summed E-state index contributed by atoms with van der Waals surface area (Å²) in [6, 6.07) is 0. The second-order valence-electron chi connectivity index (χ2n) is 3.74. The van der Waals surface area contributed by atoms with E-state index in [-0.39, 0.29) is 0 Å². The summed E-state index contributed by atoms with van der Waals surface area (Å²) in [5.41, 5.74) is 3.74. The maximum atomic E-state index is 10.9. The van der Waals surface area contributed by atoms with Gasteiger partial charge >= 0.3 is 5.97 Å². The van der Waals surface area contributed by atoms with Gasteiger partial charge in [0.1, 0.15) is 23.9 Å². The molecule has 0 aromatic heterocycles. The van der Waals surface area contributed by atoms with Crippen LogP contribution < -0.4 is 5.73 Å². The van der Waals surface area contributed by atoms with Crippen LogP contribution in [-0.4, -0.2) is 68.1 Å². The number of primary amides is 1. The molecule has 1 aliphatic heterocycles. The van der Waals surface area contributed by atoms with E-state index in [1.807, 2.05) is 0 Å².